The Morgan fingerprint density at radius 1 is 1.15 bits per heavy atom. The van der Waals surface area contributed by atoms with Crippen LogP contribution in [0.5, 0.6) is 0 Å². The molecule has 0 aromatic rings. The zero-order valence-electron chi connectivity index (χ0n) is 11.9. The first-order chi connectivity index (χ1) is 9.27. The summed E-state index contributed by atoms with van der Waals surface area (Å²) in [6.45, 7) is 2.86. The van der Waals surface area contributed by atoms with Gasteiger partial charge in [-0.15, -0.1) is 0 Å². The fourth-order valence-electron chi connectivity index (χ4n) is 1.36. The highest BCUT2D eigenvalue weighted by molar-refractivity contribution is 5.92. The minimum atomic E-state index is -1.06. The van der Waals surface area contributed by atoms with Crippen LogP contribution in [-0.4, -0.2) is 54.3 Å². The Bertz CT molecular complexity index is 383. The van der Waals surface area contributed by atoms with Gasteiger partial charge in [0.2, 0.25) is 11.8 Å². The van der Waals surface area contributed by atoms with E-state index in [9.17, 15) is 19.2 Å². The van der Waals surface area contributed by atoms with E-state index in [0.29, 0.717) is 0 Å². The first-order valence-corrected chi connectivity index (χ1v) is 6.24. The number of ketones is 1. The predicted octanol–water partition coefficient (Wildman–Crippen LogP) is -1.35. The summed E-state index contributed by atoms with van der Waals surface area (Å²) in [5.74, 6) is -2.28. The van der Waals surface area contributed by atoms with Crippen molar-refractivity contribution in [2.75, 3.05) is 13.6 Å². The van der Waals surface area contributed by atoms with E-state index in [0.717, 1.165) is 0 Å². The highest BCUT2D eigenvalue weighted by Crippen LogP contribution is 1.99. The van der Waals surface area contributed by atoms with Gasteiger partial charge in [-0.25, -0.2) is 0 Å². The zero-order valence-corrected chi connectivity index (χ0v) is 11.9. The van der Waals surface area contributed by atoms with Crippen LogP contribution in [0.1, 0.15) is 26.7 Å². The summed E-state index contributed by atoms with van der Waals surface area (Å²) in [5, 5.41) is 16.1. The molecule has 0 aliphatic rings. The molecular formula is C12H21N3O5. The van der Waals surface area contributed by atoms with Crippen molar-refractivity contribution in [1.29, 1.82) is 0 Å². The third-order valence-electron chi connectivity index (χ3n) is 2.60. The number of Topliss-reactive ketones (excluding diaryl/α,β-unsaturated/α-hetero) is 1. The number of hydrogen-bond donors (Lipinski definition) is 4. The maximum absolute atomic E-state index is 11.9. The second-order valence-corrected chi connectivity index (χ2v) is 4.42. The molecule has 2 atom stereocenters. The summed E-state index contributed by atoms with van der Waals surface area (Å²) < 4.78 is 0. The molecule has 0 aliphatic carbocycles. The molecule has 0 aliphatic heterocycles. The molecule has 0 aromatic carbocycles. The molecule has 4 N–H and O–H groups in total. The topological polar surface area (TPSA) is 125 Å². The van der Waals surface area contributed by atoms with Gasteiger partial charge in [0.1, 0.15) is 6.04 Å². The van der Waals surface area contributed by atoms with Crippen LogP contribution < -0.4 is 16.0 Å². The predicted molar refractivity (Wildman–Crippen MR) is 71.0 cm³/mol. The number of amides is 2. The average molecular weight is 287 g/mol. The molecular weight excluding hydrogens is 266 g/mol. The van der Waals surface area contributed by atoms with E-state index in [1.54, 1.807) is 7.05 Å². The third-order valence-corrected chi connectivity index (χ3v) is 2.60. The Kier molecular flexibility index (Phi) is 8.14. The second kappa shape index (κ2) is 9.03. The van der Waals surface area contributed by atoms with Crippen LogP contribution in [0.4, 0.5) is 0 Å². The number of carbonyl (C=O) groups is 4. The summed E-state index contributed by atoms with van der Waals surface area (Å²) in [4.78, 5) is 45.0. The summed E-state index contributed by atoms with van der Waals surface area (Å²) in [5.41, 5.74) is 0. The van der Waals surface area contributed by atoms with Crippen LogP contribution in [0, 0.1) is 0 Å². The van der Waals surface area contributed by atoms with Crippen molar-refractivity contribution in [1.82, 2.24) is 16.0 Å². The van der Waals surface area contributed by atoms with Gasteiger partial charge in [0, 0.05) is 6.42 Å². The molecule has 114 valence electrons. The van der Waals surface area contributed by atoms with E-state index >= 15 is 0 Å². The van der Waals surface area contributed by atoms with Gasteiger partial charge in [0.25, 0.3) is 0 Å². The normalized spacial score (nSPS) is 13.2. The Morgan fingerprint density at radius 2 is 1.75 bits per heavy atom. The number of carbonyl (C=O) groups excluding carboxylic acids is 3. The van der Waals surface area contributed by atoms with Crippen LogP contribution in [0.2, 0.25) is 0 Å². The van der Waals surface area contributed by atoms with Crippen molar-refractivity contribution in [2.45, 2.75) is 38.8 Å². The smallest absolute Gasteiger partial charge is 0.303 e. The first-order valence-electron chi connectivity index (χ1n) is 6.24. The molecule has 0 fully saturated rings. The molecule has 0 aromatic heterocycles. The van der Waals surface area contributed by atoms with Gasteiger partial charge in [-0.1, -0.05) is 0 Å². The van der Waals surface area contributed by atoms with E-state index < -0.39 is 29.9 Å². The summed E-state index contributed by atoms with van der Waals surface area (Å²) >= 11 is 0. The number of rotatable bonds is 9. The zero-order chi connectivity index (χ0) is 15.7. The lowest BCUT2D eigenvalue weighted by Gasteiger charge is -2.19. The van der Waals surface area contributed by atoms with Crippen molar-refractivity contribution < 1.29 is 24.3 Å². The Labute approximate surface area is 117 Å². The number of nitrogens with one attached hydrogen (secondary N) is 3. The van der Waals surface area contributed by atoms with Crippen molar-refractivity contribution >= 4 is 23.6 Å². The van der Waals surface area contributed by atoms with E-state index in [2.05, 4.69) is 16.0 Å². The van der Waals surface area contributed by atoms with Crippen LogP contribution in [0.3, 0.4) is 0 Å². The molecule has 20 heavy (non-hydrogen) atoms. The van der Waals surface area contributed by atoms with Gasteiger partial charge in [-0.3, -0.25) is 19.2 Å². The summed E-state index contributed by atoms with van der Waals surface area (Å²) in [6, 6.07) is -1.66. The molecule has 8 heteroatoms. The molecule has 0 radical (unpaired) electrons. The Hall–Kier alpha value is -1.96. The fraction of sp³-hybridized carbons (Fsp3) is 0.667. The molecule has 2 unspecified atom stereocenters. The Morgan fingerprint density at radius 3 is 2.20 bits per heavy atom. The van der Waals surface area contributed by atoms with E-state index in [1.165, 1.54) is 13.8 Å². The fourth-order valence-corrected chi connectivity index (χ4v) is 1.36. The minimum Gasteiger partial charge on any atom is -0.481 e. The maximum Gasteiger partial charge on any atom is 0.303 e. The summed E-state index contributed by atoms with van der Waals surface area (Å²) in [6.07, 6.45) is -0.298. The molecule has 0 bridgehead atoms. The van der Waals surface area contributed by atoms with E-state index in [-0.39, 0.29) is 25.2 Å². The average Bonchev–Trinajstić information content (AvgIpc) is 2.34. The molecule has 0 rings (SSSR count). The van der Waals surface area contributed by atoms with Gasteiger partial charge in [0.15, 0.2) is 5.78 Å². The second-order valence-electron chi connectivity index (χ2n) is 4.42. The van der Waals surface area contributed by atoms with Gasteiger partial charge in [-0.05, 0) is 27.3 Å². The quantitative estimate of drug-likeness (QED) is 0.415. The largest absolute Gasteiger partial charge is 0.481 e. The molecule has 0 saturated heterocycles. The number of likely N-dealkylation sites (N-methyl/N-ethyl adjacent to an activating group) is 1. The lowest BCUT2D eigenvalue weighted by atomic mass is 10.1. The van der Waals surface area contributed by atoms with Crippen LogP contribution in [-0.2, 0) is 19.2 Å². The number of carboxylic acid groups (broad SMARTS) is 1. The number of hydrogen-bond acceptors (Lipinski definition) is 5. The lowest BCUT2D eigenvalue weighted by molar-refractivity contribution is -0.138. The van der Waals surface area contributed by atoms with Gasteiger partial charge >= 0.3 is 5.97 Å². The molecule has 0 saturated carbocycles. The monoisotopic (exact) mass is 287 g/mol. The van der Waals surface area contributed by atoms with Crippen molar-refractivity contribution in [3.8, 4) is 0 Å². The van der Waals surface area contributed by atoms with Crippen LogP contribution in [0.15, 0.2) is 0 Å². The van der Waals surface area contributed by atoms with Crippen molar-refractivity contribution in [3.63, 3.8) is 0 Å². The number of aliphatic carboxylic acids is 1. The van der Waals surface area contributed by atoms with Gasteiger partial charge in [0.05, 0.1) is 12.6 Å². The van der Waals surface area contributed by atoms with Crippen LogP contribution >= 0.6 is 0 Å². The molecule has 0 heterocycles. The number of carboxylic acids is 1. The highest BCUT2D eigenvalue weighted by atomic mass is 16.4. The third kappa shape index (κ3) is 7.47. The van der Waals surface area contributed by atoms with E-state index in [4.69, 9.17) is 5.11 Å². The SMILES string of the molecule is CNCC(=O)NC(CCC(=O)O)C(=O)NC(C)C(C)=O. The first kappa shape index (κ1) is 18.0. The highest BCUT2D eigenvalue weighted by Gasteiger charge is 2.23. The summed E-state index contributed by atoms with van der Waals surface area (Å²) in [7, 11) is 1.57. The lowest BCUT2D eigenvalue weighted by Crippen LogP contribution is -2.51. The van der Waals surface area contributed by atoms with E-state index in [1.807, 2.05) is 0 Å². The minimum absolute atomic E-state index is 0.0130. The van der Waals surface area contributed by atoms with Gasteiger partial charge < -0.3 is 21.1 Å². The Balaban J connectivity index is 4.64. The van der Waals surface area contributed by atoms with Crippen LogP contribution in [0.25, 0.3) is 0 Å². The van der Waals surface area contributed by atoms with Gasteiger partial charge in [-0.2, -0.15) is 0 Å². The molecule has 2 amide bonds. The molecule has 8 nitrogen and oxygen atoms in total. The van der Waals surface area contributed by atoms with Crippen molar-refractivity contribution in [2.24, 2.45) is 0 Å². The van der Waals surface area contributed by atoms with Crippen molar-refractivity contribution in [3.05, 3.63) is 0 Å². The molecule has 0 spiro atoms. The standard InChI is InChI=1S/C12H21N3O5/c1-7(8(2)16)14-12(20)9(4-5-11(18)19)15-10(17)6-13-3/h7,9,13H,4-6H2,1-3H3,(H,14,20)(H,15,17)(H,18,19). The maximum atomic E-state index is 11.9.